The molecule has 0 aliphatic carbocycles. The molecule has 0 saturated carbocycles. The van der Waals surface area contributed by atoms with Gasteiger partial charge >= 0.3 is 0 Å². The summed E-state index contributed by atoms with van der Waals surface area (Å²) in [7, 11) is 0. The lowest BCUT2D eigenvalue weighted by Crippen LogP contribution is -2.34. The standard InChI is InChI=1S/C21H23ClN2O2/c22-17-8-9-19(24-10-4-1-5-11-24)18(13-17)23-21(25)16-12-15-6-2-3-7-20(15)26-14-16/h2-3,6-9,13,16H,1,4-5,10-12,14H2,(H,23,25)/t16-/m0/s1. The monoisotopic (exact) mass is 370 g/mol. The molecule has 4 nitrogen and oxygen atoms in total. The number of rotatable bonds is 3. The molecule has 2 aromatic carbocycles. The fourth-order valence-electron chi connectivity index (χ4n) is 3.75. The van der Waals surface area contributed by atoms with Gasteiger partial charge in [0.2, 0.25) is 5.91 Å². The number of hydrogen-bond acceptors (Lipinski definition) is 3. The third-order valence-electron chi connectivity index (χ3n) is 5.16. The van der Waals surface area contributed by atoms with Crippen LogP contribution in [0.3, 0.4) is 0 Å². The Morgan fingerprint density at radius 3 is 2.77 bits per heavy atom. The fourth-order valence-corrected chi connectivity index (χ4v) is 3.92. The zero-order chi connectivity index (χ0) is 17.9. The highest BCUT2D eigenvalue weighted by atomic mass is 35.5. The molecule has 136 valence electrons. The van der Waals surface area contributed by atoms with Crippen LogP contribution in [-0.4, -0.2) is 25.6 Å². The summed E-state index contributed by atoms with van der Waals surface area (Å²) in [6.07, 6.45) is 4.33. The largest absolute Gasteiger partial charge is 0.492 e. The molecule has 2 heterocycles. The van der Waals surface area contributed by atoms with Gasteiger partial charge in [0.15, 0.2) is 0 Å². The first kappa shape index (κ1) is 17.2. The Labute approximate surface area is 159 Å². The highest BCUT2D eigenvalue weighted by Crippen LogP contribution is 2.33. The number of nitrogens with one attached hydrogen (secondary N) is 1. The minimum absolute atomic E-state index is 0.0139. The van der Waals surface area contributed by atoms with Gasteiger partial charge in [-0.15, -0.1) is 0 Å². The Bertz CT molecular complexity index is 802. The molecule has 1 N–H and O–H groups in total. The molecule has 5 heteroatoms. The van der Waals surface area contributed by atoms with Crippen molar-refractivity contribution >= 4 is 28.9 Å². The van der Waals surface area contributed by atoms with Crippen molar-refractivity contribution in [2.45, 2.75) is 25.7 Å². The van der Waals surface area contributed by atoms with E-state index >= 15 is 0 Å². The van der Waals surface area contributed by atoms with Crippen molar-refractivity contribution in [3.63, 3.8) is 0 Å². The summed E-state index contributed by atoms with van der Waals surface area (Å²) >= 11 is 6.20. The fraction of sp³-hybridized carbons (Fsp3) is 0.381. The van der Waals surface area contributed by atoms with Gasteiger partial charge in [-0.05, 0) is 55.5 Å². The first-order chi connectivity index (χ1) is 12.7. The maximum Gasteiger partial charge on any atom is 0.231 e. The van der Waals surface area contributed by atoms with Crippen LogP contribution in [0, 0.1) is 5.92 Å². The summed E-state index contributed by atoms with van der Waals surface area (Å²) in [6.45, 7) is 2.44. The Kier molecular flexibility index (Phi) is 5.02. The Morgan fingerprint density at radius 2 is 1.92 bits per heavy atom. The maximum absolute atomic E-state index is 12.9. The van der Waals surface area contributed by atoms with Crippen LogP contribution in [-0.2, 0) is 11.2 Å². The molecule has 1 amide bonds. The highest BCUT2D eigenvalue weighted by molar-refractivity contribution is 6.31. The molecule has 2 aliphatic heterocycles. The lowest BCUT2D eigenvalue weighted by molar-refractivity contribution is -0.121. The van der Waals surface area contributed by atoms with Gasteiger partial charge in [0.25, 0.3) is 0 Å². The van der Waals surface area contributed by atoms with Crippen molar-refractivity contribution in [1.29, 1.82) is 0 Å². The summed E-state index contributed by atoms with van der Waals surface area (Å²) in [5.41, 5.74) is 2.93. The number of carbonyl (C=O) groups excluding carboxylic acids is 1. The number of piperidine rings is 1. The first-order valence-electron chi connectivity index (χ1n) is 9.27. The molecule has 0 aromatic heterocycles. The number of nitrogens with zero attached hydrogens (tertiary/aromatic N) is 1. The van der Waals surface area contributed by atoms with E-state index in [1.807, 2.05) is 42.5 Å². The summed E-state index contributed by atoms with van der Waals surface area (Å²) < 4.78 is 5.77. The third kappa shape index (κ3) is 3.65. The average molecular weight is 371 g/mol. The highest BCUT2D eigenvalue weighted by Gasteiger charge is 2.27. The predicted molar refractivity (Wildman–Crippen MR) is 105 cm³/mol. The predicted octanol–water partition coefficient (Wildman–Crippen LogP) is 4.52. The van der Waals surface area contributed by atoms with Gasteiger partial charge in [-0.25, -0.2) is 0 Å². The molecule has 1 atom stereocenters. The van der Waals surface area contributed by atoms with E-state index in [9.17, 15) is 4.79 Å². The number of halogens is 1. The second-order valence-electron chi connectivity index (χ2n) is 7.02. The van der Waals surface area contributed by atoms with Gasteiger partial charge in [-0.3, -0.25) is 4.79 Å². The van der Waals surface area contributed by atoms with E-state index < -0.39 is 0 Å². The van der Waals surface area contributed by atoms with Gasteiger partial charge in [0, 0.05) is 18.1 Å². The molecule has 0 unspecified atom stereocenters. The van der Waals surface area contributed by atoms with Crippen molar-refractivity contribution in [3.05, 3.63) is 53.1 Å². The molecule has 2 aliphatic rings. The Balaban J connectivity index is 1.52. The zero-order valence-electron chi connectivity index (χ0n) is 14.7. The van der Waals surface area contributed by atoms with E-state index in [0.29, 0.717) is 18.1 Å². The minimum atomic E-state index is -0.196. The lowest BCUT2D eigenvalue weighted by atomic mass is 9.96. The van der Waals surface area contributed by atoms with Gasteiger partial charge in [-0.2, -0.15) is 0 Å². The van der Waals surface area contributed by atoms with E-state index in [1.54, 1.807) is 0 Å². The number of benzene rings is 2. The van der Waals surface area contributed by atoms with Gasteiger partial charge in [0.05, 0.1) is 17.3 Å². The summed E-state index contributed by atoms with van der Waals surface area (Å²) in [5.74, 6) is 0.673. The van der Waals surface area contributed by atoms with Crippen LogP contribution in [0.25, 0.3) is 0 Å². The number of ether oxygens (including phenoxy) is 1. The smallest absolute Gasteiger partial charge is 0.231 e. The zero-order valence-corrected chi connectivity index (χ0v) is 15.5. The number of carbonyl (C=O) groups is 1. The second-order valence-corrected chi connectivity index (χ2v) is 7.45. The second kappa shape index (κ2) is 7.58. The molecule has 1 saturated heterocycles. The van der Waals surface area contributed by atoms with Gasteiger partial charge in [0.1, 0.15) is 12.4 Å². The average Bonchev–Trinajstić information content (AvgIpc) is 2.68. The van der Waals surface area contributed by atoms with E-state index in [0.717, 1.165) is 35.8 Å². The molecule has 2 aromatic rings. The number of hydrogen-bond donors (Lipinski definition) is 1. The van der Waals surface area contributed by atoms with Crippen LogP contribution < -0.4 is 15.0 Å². The molecular weight excluding hydrogens is 348 g/mol. The van der Waals surface area contributed by atoms with Crippen molar-refractivity contribution in [2.24, 2.45) is 5.92 Å². The van der Waals surface area contributed by atoms with E-state index in [-0.39, 0.29) is 11.8 Å². The first-order valence-corrected chi connectivity index (χ1v) is 9.64. The van der Waals surface area contributed by atoms with Crippen molar-refractivity contribution < 1.29 is 9.53 Å². The molecule has 0 spiro atoms. The molecular formula is C21H23ClN2O2. The summed E-state index contributed by atoms with van der Waals surface area (Å²) in [5, 5.41) is 3.73. The number of fused-ring (bicyclic) bond motifs is 1. The summed E-state index contributed by atoms with van der Waals surface area (Å²) in [4.78, 5) is 15.2. The van der Waals surface area contributed by atoms with Crippen LogP contribution >= 0.6 is 11.6 Å². The molecule has 0 radical (unpaired) electrons. The normalized spacial score (nSPS) is 19.4. The Hall–Kier alpha value is -2.20. The van der Waals surface area contributed by atoms with Crippen LogP contribution in [0.2, 0.25) is 5.02 Å². The molecule has 0 bridgehead atoms. The van der Waals surface area contributed by atoms with Crippen molar-refractivity contribution in [3.8, 4) is 5.75 Å². The molecule has 4 rings (SSSR count). The third-order valence-corrected chi connectivity index (χ3v) is 5.40. The maximum atomic E-state index is 12.9. The van der Waals surface area contributed by atoms with Crippen LogP contribution in [0.15, 0.2) is 42.5 Å². The molecule has 26 heavy (non-hydrogen) atoms. The van der Waals surface area contributed by atoms with E-state index in [2.05, 4.69) is 10.2 Å². The van der Waals surface area contributed by atoms with Crippen LogP contribution in [0.1, 0.15) is 24.8 Å². The van der Waals surface area contributed by atoms with E-state index in [1.165, 1.54) is 19.3 Å². The molecule has 1 fully saturated rings. The number of anilines is 2. The van der Waals surface area contributed by atoms with Gasteiger partial charge < -0.3 is 15.0 Å². The van der Waals surface area contributed by atoms with E-state index in [4.69, 9.17) is 16.3 Å². The summed E-state index contributed by atoms with van der Waals surface area (Å²) in [6, 6.07) is 13.7. The lowest BCUT2D eigenvalue weighted by Gasteiger charge is -2.31. The van der Waals surface area contributed by atoms with Crippen molar-refractivity contribution in [1.82, 2.24) is 0 Å². The van der Waals surface area contributed by atoms with Crippen LogP contribution in [0.4, 0.5) is 11.4 Å². The van der Waals surface area contributed by atoms with Gasteiger partial charge in [-0.1, -0.05) is 29.8 Å². The number of para-hydroxylation sites is 1. The SMILES string of the molecule is O=C(Nc1cc(Cl)ccc1N1CCCCC1)[C@@H]1COc2ccccc2C1. The number of amides is 1. The van der Waals surface area contributed by atoms with Crippen molar-refractivity contribution in [2.75, 3.05) is 29.9 Å². The quantitative estimate of drug-likeness (QED) is 0.863. The topological polar surface area (TPSA) is 41.6 Å². The van der Waals surface area contributed by atoms with Crippen LogP contribution in [0.5, 0.6) is 5.75 Å². The Morgan fingerprint density at radius 1 is 1.12 bits per heavy atom. The minimum Gasteiger partial charge on any atom is -0.492 e.